The number of aryl methyl sites for hydroxylation is 1. The highest BCUT2D eigenvalue weighted by Gasteiger charge is 2.47. The van der Waals surface area contributed by atoms with Crippen molar-refractivity contribution in [3.63, 3.8) is 0 Å². The molecular formula is C26H31Cl2N3O2. The first-order valence-electron chi connectivity index (χ1n) is 11.5. The van der Waals surface area contributed by atoms with Crippen LogP contribution in [-0.4, -0.2) is 47.2 Å². The number of hydrazine groups is 1. The molecule has 3 atom stereocenters. The van der Waals surface area contributed by atoms with Crippen LogP contribution in [0.5, 0.6) is 0 Å². The first-order chi connectivity index (χ1) is 15.8. The molecule has 1 fully saturated rings. The van der Waals surface area contributed by atoms with E-state index in [1.807, 2.05) is 25.1 Å². The molecule has 1 saturated heterocycles. The lowest BCUT2D eigenvalue weighted by atomic mass is 9.85. The van der Waals surface area contributed by atoms with Gasteiger partial charge in [0.1, 0.15) is 0 Å². The Morgan fingerprint density at radius 3 is 2.52 bits per heavy atom. The molecule has 0 bridgehead atoms. The highest BCUT2D eigenvalue weighted by Crippen LogP contribution is 2.45. The number of halogens is 2. The van der Waals surface area contributed by atoms with Gasteiger partial charge in [-0.15, -0.1) is 5.17 Å². The predicted octanol–water partition coefficient (Wildman–Crippen LogP) is 6.27. The topological polar surface area (TPSA) is 36.0 Å². The fourth-order valence-electron chi connectivity index (χ4n) is 5.33. The summed E-state index contributed by atoms with van der Waals surface area (Å²) in [6.45, 7) is 7.83. The summed E-state index contributed by atoms with van der Waals surface area (Å²) in [5.74, 6) is 0. The normalized spacial score (nSPS) is 23.2. The number of likely N-dealkylation sites (tertiary alicyclic amines) is 1. The molecule has 2 aliphatic rings. The Hall–Kier alpha value is -2.05. The molecule has 0 saturated carbocycles. The fourth-order valence-corrected chi connectivity index (χ4v) is 5.64. The zero-order valence-electron chi connectivity index (χ0n) is 19.6. The molecule has 7 heteroatoms. The third-order valence-electron chi connectivity index (χ3n) is 7.06. The van der Waals surface area contributed by atoms with Gasteiger partial charge in [0, 0.05) is 11.6 Å². The van der Waals surface area contributed by atoms with Crippen LogP contribution in [0.4, 0.5) is 0 Å². The van der Waals surface area contributed by atoms with Crippen LogP contribution >= 0.6 is 23.2 Å². The minimum absolute atomic E-state index is 0.000744. The van der Waals surface area contributed by atoms with Gasteiger partial charge < -0.3 is 9.74 Å². The van der Waals surface area contributed by atoms with Gasteiger partial charge in [-0.25, -0.2) is 0 Å². The van der Waals surface area contributed by atoms with Gasteiger partial charge in [-0.2, -0.15) is 5.01 Å². The van der Waals surface area contributed by atoms with Crippen LogP contribution in [-0.2, 0) is 9.63 Å². The Morgan fingerprint density at radius 2 is 1.85 bits per heavy atom. The molecule has 0 N–H and O–H groups in total. The zero-order chi connectivity index (χ0) is 23.7. The Morgan fingerprint density at radius 1 is 1.09 bits per heavy atom. The number of benzene rings is 2. The molecule has 2 aromatic rings. The van der Waals surface area contributed by atoms with E-state index in [0.29, 0.717) is 16.5 Å². The third-order valence-corrected chi connectivity index (χ3v) is 7.80. The van der Waals surface area contributed by atoms with E-state index in [1.165, 1.54) is 29.5 Å². The number of allylic oxidation sites excluding steroid dienone is 1. The number of hydrogen-bond donors (Lipinski definition) is 0. The number of hydrogen-bond acceptors (Lipinski definition) is 5. The average molecular weight is 488 g/mol. The number of rotatable bonds is 6. The first kappa shape index (κ1) is 24.1. The highest BCUT2D eigenvalue weighted by molar-refractivity contribution is 6.42. The second kappa shape index (κ2) is 10.1. The molecule has 0 aliphatic carbocycles. The van der Waals surface area contributed by atoms with Crippen LogP contribution in [0.3, 0.4) is 0 Å². The van der Waals surface area contributed by atoms with Gasteiger partial charge in [0.25, 0.3) is 0 Å². The van der Waals surface area contributed by atoms with Crippen LogP contribution in [0.1, 0.15) is 55.8 Å². The SMILES string of the molecule is CC1=C(c2ccccc2C)C(C2CCCCN2C)N(C(C)c2ccc(Cl)c(Cl)c2)N1OC=O. The van der Waals surface area contributed by atoms with Crippen molar-refractivity contribution >= 4 is 35.2 Å². The number of hydroxylamine groups is 1. The summed E-state index contributed by atoms with van der Waals surface area (Å²) < 4.78 is 0. The molecule has 0 aromatic heterocycles. The summed E-state index contributed by atoms with van der Waals surface area (Å²) in [7, 11) is 2.19. The van der Waals surface area contributed by atoms with E-state index in [9.17, 15) is 4.79 Å². The summed E-state index contributed by atoms with van der Waals surface area (Å²) in [6, 6.07) is 14.3. The Labute approximate surface area is 206 Å². The quantitative estimate of drug-likeness (QED) is 0.448. The van der Waals surface area contributed by atoms with E-state index in [0.717, 1.165) is 24.2 Å². The minimum Gasteiger partial charge on any atom is -0.329 e. The van der Waals surface area contributed by atoms with E-state index < -0.39 is 0 Å². The number of piperidine rings is 1. The van der Waals surface area contributed by atoms with Gasteiger partial charge in [0.15, 0.2) is 0 Å². The number of carbonyl (C=O) groups excluding carboxylic acids is 1. The largest absolute Gasteiger partial charge is 0.329 e. The standard InChI is InChI=1S/C26H31Cl2N3O2/c1-17-9-5-6-10-21(17)25-19(3)31(33-16-32)30(26(25)24-11-7-8-14-29(24)4)18(2)20-12-13-22(27)23(28)15-20/h5-6,9-10,12-13,15-16,18,24,26H,7-8,11,14H2,1-4H3. The second-order valence-electron chi connectivity index (χ2n) is 9.01. The average Bonchev–Trinajstić information content (AvgIpc) is 3.08. The number of nitrogens with zero attached hydrogens (tertiary/aromatic N) is 3. The maximum atomic E-state index is 11.6. The minimum atomic E-state index is -0.114. The van der Waals surface area contributed by atoms with Crippen molar-refractivity contribution < 1.29 is 9.63 Å². The summed E-state index contributed by atoms with van der Waals surface area (Å²) in [5, 5.41) is 4.90. The maximum absolute atomic E-state index is 11.6. The van der Waals surface area contributed by atoms with Crippen molar-refractivity contribution in [3.05, 3.63) is 74.9 Å². The van der Waals surface area contributed by atoms with E-state index in [2.05, 4.69) is 55.1 Å². The Balaban J connectivity index is 1.87. The molecule has 3 unspecified atom stereocenters. The van der Waals surface area contributed by atoms with Crippen molar-refractivity contribution in [2.24, 2.45) is 0 Å². The van der Waals surface area contributed by atoms with Gasteiger partial charge in [0.2, 0.25) is 0 Å². The lowest BCUT2D eigenvalue weighted by Crippen LogP contribution is -2.54. The molecule has 5 nitrogen and oxygen atoms in total. The van der Waals surface area contributed by atoms with Gasteiger partial charge >= 0.3 is 6.47 Å². The molecule has 176 valence electrons. The van der Waals surface area contributed by atoms with Crippen LogP contribution in [0.15, 0.2) is 48.2 Å². The molecule has 0 radical (unpaired) electrons. The first-order valence-corrected chi connectivity index (χ1v) is 12.2. The van der Waals surface area contributed by atoms with Crippen molar-refractivity contribution in [1.29, 1.82) is 0 Å². The molecule has 2 heterocycles. The van der Waals surface area contributed by atoms with E-state index in [4.69, 9.17) is 28.0 Å². The lowest BCUT2D eigenvalue weighted by molar-refractivity contribution is -0.250. The molecule has 0 spiro atoms. The monoisotopic (exact) mass is 487 g/mol. The third kappa shape index (κ3) is 4.52. The van der Waals surface area contributed by atoms with Crippen molar-refractivity contribution in [1.82, 2.24) is 15.1 Å². The molecular weight excluding hydrogens is 457 g/mol. The summed E-state index contributed by atoms with van der Waals surface area (Å²) in [5.41, 5.74) is 5.51. The second-order valence-corrected chi connectivity index (χ2v) is 9.82. The summed E-state index contributed by atoms with van der Waals surface area (Å²) in [4.78, 5) is 19.7. The smallest absolute Gasteiger partial charge is 0.322 e. The lowest BCUT2D eigenvalue weighted by Gasteiger charge is -2.44. The Bertz CT molecular complexity index is 1060. The van der Waals surface area contributed by atoms with Gasteiger partial charge in [-0.1, -0.05) is 60.0 Å². The molecule has 2 aromatic carbocycles. The maximum Gasteiger partial charge on any atom is 0.322 e. The van der Waals surface area contributed by atoms with E-state index in [1.54, 1.807) is 5.17 Å². The van der Waals surface area contributed by atoms with Gasteiger partial charge in [-0.3, -0.25) is 4.79 Å². The van der Waals surface area contributed by atoms with Crippen molar-refractivity contribution in [2.75, 3.05) is 13.6 Å². The Kier molecular flexibility index (Phi) is 7.34. The fraction of sp³-hybridized carbons (Fsp3) is 0.423. The highest BCUT2D eigenvalue weighted by atomic mass is 35.5. The van der Waals surface area contributed by atoms with Crippen LogP contribution < -0.4 is 0 Å². The predicted molar refractivity (Wildman–Crippen MR) is 134 cm³/mol. The van der Waals surface area contributed by atoms with Gasteiger partial charge in [0.05, 0.1) is 27.8 Å². The summed E-state index contributed by atoms with van der Waals surface area (Å²) >= 11 is 12.6. The van der Waals surface area contributed by atoms with Crippen molar-refractivity contribution in [3.8, 4) is 0 Å². The molecule has 33 heavy (non-hydrogen) atoms. The van der Waals surface area contributed by atoms with Crippen LogP contribution in [0, 0.1) is 6.92 Å². The molecule has 2 aliphatic heterocycles. The molecule has 4 rings (SSSR count). The van der Waals surface area contributed by atoms with Crippen LogP contribution in [0.2, 0.25) is 10.0 Å². The number of likely N-dealkylation sites (N-methyl/N-ethyl adjacent to an activating group) is 1. The van der Waals surface area contributed by atoms with Gasteiger partial charge in [-0.05, 0) is 76.0 Å². The molecule has 0 amide bonds. The van der Waals surface area contributed by atoms with E-state index >= 15 is 0 Å². The van der Waals surface area contributed by atoms with E-state index in [-0.39, 0.29) is 18.1 Å². The van der Waals surface area contributed by atoms with Crippen molar-refractivity contribution in [2.45, 2.75) is 58.2 Å². The zero-order valence-corrected chi connectivity index (χ0v) is 21.1. The van der Waals surface area contributed by atoms with Crippen LogP contribution in [0.25, 0.3) is 5.57 Å². The number of carbonyl (C=O) groups is 1. The summed E-state index contributed by atoms with van der Waals surface area (Å²) in [6.07, 6.45) is 3.44.